The summed E-state index contributed by atoms with van der Waals surface area (Å²) in [6.45, 7) is 1.47. The maximum Gasteiger partial charge on any atom is 0.155 e. The highest BCUT2D eigenvalue weighted by atomic mass is 32.2. The lowest BCUT2D eigenvalue weighted by molar-refractivity contribution is 0.318. The second-order valence-corrected chi connectivity index (χ2v) is 5.95. The number of nitrogens with two attached hydrogens (primary N) is 1. The van der Waals surface area contributed by atoms with Gasteiger partial charge >= 0.3 is 0 Å². The summed E-state index contributed by atoms with van der Waals surface area (Å²) in [7, 11) is -3.31. The van der Waals surface area contributed by atoms with E-state index in [9.17, 15) is 8.42 Å². The molecule has 1 aromatic carbocycles. The lowest BCUT2D eigenvalue weighted by Crippen LogP contribution is -2.27. The van der Waals surface area contributed by atoms with E-state index >= 15 is 0 Å². The highest BCUT2D eigenvalue weighted by Crippen LogP contribution is 2.13. The number of hydrogen-bond donors (Lipinski definition) is 2. The van der Waals surface area contributed by atoms with Gasteiger partial charge in [0.15, 0.2) is 9.84 Å². The van der Waals surface area contributed by atoms with Gasteiger partial charge in [0, 0.05) is 17.5 Å². The summed E-state index contributed by atoms with van der Waals surface area (Å²) >= 11 is 0. The molecule has 0 spiro atoms. The average Bonchev–Trinajstić information content (AvgIpc) is 2.17. The Balaban J connectivity index is 3.20. The van der Waals surface area contributed by atoms with Crippen molar-refractivity contribution in [3.05, 3.63) is 29.8 Å². The molecule has 88 valence electrons. The molecule has 6 heteroatoms. The molecule has 1 atom stereocenters. The maximum atomic E-state index is 11.4. The Labute approximate surface area is 94.5 Å². The summed E-state index contributed by atoms with van der Waals surface area (Å²) in [4.78, 5) is 0. The predicted octanol–water partition coefficient (Wildman–Crippen LogP) is 0.880. The van der Waals surface area contributed by atoms with Crippen molar-refractivity contribution in [2.75, 3.05) is 12.0 Å². The largest absolute Gasteiger partial charge is 0.411 e. The highest BCUT2D eigenvalue weighted by molar-refractivity contribution is 7.92. The summed E-state index contributed by atoms with van der Waals surface area (Å²) in [5.41, 5.74) is 6.65. The second kappa shape index (κ2) is 4.52. The summed E-state index contributed by atoms with van der Waals surface area (Å²) in [5.74, 6) is 0. The van der Waals surface area contributed by atoms with Crippen molar-refractivity contribution in [1.82, 2.24) is 0 Å². The van der Waals surface area contributed by atoms with Gasteiger partial charge in [-0.25, -0.2) is 8.42 Å². The Hall–Kier alpha value is -1.56. The molecule has 0 heterocycles. The van der Waals surface area contributed by atoms with Crippen molar-refractivity contribution in [1.29, 1.82) is 0 Å². The quantitative estimate of drug-likeness (QED) is 0.356. The minimum Gasteiger partial charge on any atom is -0.411 e. The third-order valence-corrected chi connectivity index (χ3v) is 3.83. The molecule has 0 amide bonds. The molecule has 1 rings (SSSR count). The molecule has 0 unspecified atom stereocenters. The van der Waals surface area contributed by atoms with E-state index < -0.39 is 15.1 Å². The number of nitrogen functional groups attached to an aromatic ring is 1. The van der Waals surface area contributed by atoms with Crippen LogP contribution in [0.1, 0.15) is 12.5 Å². The number of oxime groups is 1. The van der Waals surface area contributed by atoms with E-state index in [0.29, 0.717) is 11.3 Å². The number of anilines is 1. The van der Waals surface area contributed by atoms with Crippen molar-refractivity contribution in [3.63, 3.8) is 0 Å². The van der Waals surface area contributed by atoms with Crippen molar-refractivity contribution >= 4 is 21.2 Å². The van der Waals surface area contributed by atoms with Crippen molar-refractivity contribution in [2.45, 2.75) is 12.2 Å². The van der Waals surface area contributed by atoms with Crippen molar-refractivity contribution < 1.29 is 13.6 Å². The minimum absolute atomic E-state index is 0.0924. The van der Waals surface area contributed by atoms with Crippen LogP contribution in [0, 0.1) is 0 Å². The molecule has 3 N–H and O–H groups in total. The SMILES string of the molecule is C[C@H](/C(=N\O)c1cccc(N)c1)S(C)(=O)=O. The second-order valence-electron chi connectivity index (χ2n) is 3.58. The first kappa shape index (κ1) is 12.5. The maximum absolute atomic E-state index is 11.4. The van der Waals surface area contributed by atoms with Crippen LogP contribution < -0.4 is 5.73 Å². The van der Waals surface area contributed by atoms with E-state index in [1.807, 2.05) is 0 Å². The third-order valence-electron chi connectivity index (χ3n) is 2.32. The van der Waals surface area contributed by atoms with E-state index in [4.69, 9.17) is 10.9 Å². The van der Waals surface area contributed by atoms with Crippen LogP contribution >= 0.6 is 0 Å². The molecule has 0 bridgehead atoms. The normalized spacial score (nSPS) is 14.8. The number of benzene rings is 1. The summed E-state index contributed by atoms with van der Waals surface area (Å²) < 4.78 is 22.7. The van der Waals surface area contributed by atoms with E-state index in [0.717, 1.165) is 6.26 Å². The summed E-state index contributed by atoms with van der Waals surface area (Å²) in [6.07, 6.45) is 1.09. The smallest absolute Gasteiger partial charge is 0.155 e. The van der Waals surface area contributed by atoms with E-state index in [1.54, 1.807) is 24.3 Å². The first-order valence-corrected chi connectivity index (χ1v) is 6.58. The Morgan fingerprint density at radius 1 is 1.50 bits per heavy atom. The molecule has 0 fully saturated rings. The number of nitrogens with zero attached hydrogens (tertiary/aromatic N) is 1. The molecular weight excluding hydrogens is 228 g/mol. The fourth-order valence-electron chi connectivity index (χ4n) is 1.27. The zero-order chi connectivity index (χ0) is 12.3. The minimum atomic E-state index is -3.31. The first-order chi connectivity index (χ1) is 7.36. The molecule has 0 aliphatic rings. The van der Waals surface area contributed by atoms with Crippen LogP contribution in [-0.2, 0) is 9.84 Å². The fourth-order valence-corrected chi connectivity index (χ4v) is 1.86. The van der Waals surface area contributed by atoms with Crippen LogP contribution in [0.5, 0.6) is 0 Å². The Kier molecular flexibility index (Phi) is 3.54. The summed E-state index contributed by atoms with van der Waals surface area (Å²) in [6, 6.07) is 6.55. The third kappa shape index (κ3) is 2.73. The predicted molar refractivity (Wildman–Crippen MR) is 63.5 cm³/mol. The van der Waals surface area contributed by atoms with Crippen LogP contribution in [0.15, 0.2) is 29.4 Å². The number of hydrogen-bond acceptors (Lipinski definition) is 5. The van der Waals surface area contributed by atoms with E-state index in [-0.39, 0.29) is 5.71 Å². The average molecular weight is 242 g/mol. The molecule has 0 saturated heterocycles. The van der Waals surface area contributed by atoms with Gasteiger partial charge in [0.1, 0.15) is 11.0 Å². The summed E-state index contributed by atoms with van der Waals surface area (Å²) in [5, 5.41) is 11.1. The van der Waals surface area contributed by atoms with Gasteiger partial charge in [-0.2, -0.15) is 0 Å². The Morgan fingerprint density at radius 2 is 2.12 bits per heavy atom. The monoisotopic (exact) mass is 242 g/mol. The van der Waals surface area contributed by atoms with Gasteiger partial charge in [-0.3, -0.25) is 0 Å². The number of rotatable bonds is 3. The van der Waals surface area contributed by atoms with Crippen molar-refractivity contribution in [3.8, 4) is 0 Å². The van der Waals surface area contributed by atoms with Gasteiger partial charge in [-0.05, 0) is 19.1 Å². The zero-order valence-electron chi connectivity index (χ0n) is 9.08. The van der Waals surface area contributed by atoms with Crippen LogP contribution in [0.2, 0.25) is 0 Å². The Bertz CT molecular complexity index is 509. The number of sulfone groups is 1. The van der Waals surface area contributed by atoms with Crippen LogP contribution in [0.4, 0.5) is 5.69 Å². The van der Waals surface area contributed by atoms with Gasteiger partial charge in [0.2, 0.25) is 0 Å². The lowest BCUT2D eigenvalue weighted by atomic mass is 10.1. The molecule has 0 saturated carbocycles. The van der Waals surface area contributed by atoms with Crippen molar-refractivity contribution in [2.24, 2.45) is 5.16 Å². The van der Waals surface area contributed by atoms with E-state index in [2.05, 4.69) is 5.16 Å². The van der Waals surface area contributed by atoms with Gasteiger partial charge in [0.25, 0.3) is 0 Å². The molecular formula is C10H14N2O3S. The van der Waals surface area contributed by atoms with Crippen LogP contribution in [0.3, 0.4) is 0 Å². The standard InChI is InChI=1S/C10H14N2O3S/c1-7(16(2,14)15)10(12-13)8-4-3-5-9(11)6-8/h3-7,13H,11H2,1-2H3/b12-10+/t7-/m1/s1. The topological polar surface area (TPSA) is 92.8 Å². The van der Waals surface area contributed by atoms with Crippen LogP contribution in [-0.4, -0.2) is 30.8 Å². The first-order valence-electron chi connectivity index (χ1n) is 4.63. The zero-order valence-corrected chi connectivity index (χ0v) is 9.90. The molecule has 0 aliphatic carbocycles. The van der Waals surface area contributed by atoms with Gasteiger partial charge in [-0.1, -0.05) is 17.3 Å². The molecule has 0 radical (unpaired) electrons. The molecule has 5 nitrogen and oxygen atoms in total. The van der Waals surface area contributed by atoms with E-state index in [1.165, 1.54) is 6.92 Å². The van der Waals surface area contributed by atoms with Gasteiger partial charge in [0.05, 0.1) is 0 Å². The Morgan fingerprint density at radius 3 is 2.56 bits per heavy atom. The highest BCUT2D eigenvalue weighted by Gasteiger charge is 2.23. The molecule has 16 heavy (non-hydrogen) atoms. The van der Waals surface area contributed by atoms with Crippen LogP contribution in [0.25, 0.3) is 0 Å². The van der Waals surface area contributed by atoms with Gasteiger partial charge < -0.3 is 10.9 Å². The molecule has 0 aromatic heterocycles. The lowest BCUT2D eigenvalue weighted by Gasteiger charge is -2.11. The fraction of sp³-hybridized carbons (Fsp3) is 0.300. The molecule has 1 aromatic rings. The molecule has 0 aliphatic heterocycles. The van der Waals surface area contributed by atoms with Gasteiger partial charge in [-0.15, -0.1) is 0 Å².